The molecule has 1 aromatic rings. The van der Waals surface area contributed by atoms with E-state index in [9.17, 15) is 4.79 Å². The normalized spacial score (nSPS) is 23.9. The van der Waals surface area contributed by atoms with E-state index in [-0.39, 0.29) is 11.9 Å². The Balaban J connectivity index is 1.60. The van der Waals surface area contributed by atoms with Crippen LogP contribution in [-0.4, -0.2) is 34.4 Å². The Morgan fingerprint density at radius 2 is 2.32 bits per heavy atom. The van der Waals surface area contributed by atoms with Crippen molar-refractivity contribution in [2.45, 2.75) is 57.7 Å². The molecule has 1 atom stereocenters. The Morgan fingerprint density at radius 1 is 1.47 bits per heavy atom. The number of oxazole rings is 1. The molecule has 1 aromatic heterocycles. The van der Waals surface area contributed by atoms with Gasteiger partial charge in [0.05, 0.1) is 18.8 Å². The van der Waals surface area contributed by atoms with Gasteiger partial charge < -0.3 is 14.6 Å². The molecule has 0 spiro atoms. The van der Waals surface area contributed by atoms with E-state index >= 15 is 0 Å². The van der Waals surface area contributed by atoms with E-state index in [0.29, 0.717) is 18.5 Å². The molecule has 1 aliphatic heterocycles. The van der Waals surface area contributed by atoms with Crippen LogP contribution in [0.5, 0.6) is 0 Å². The second-order valence-corrected chi connectivity index (χ2v) is 5.47. The smallest absolute Gasteiger partial charge is 0.240 e. The van der Waals surface area contributed by atoms with Crippen molar-refractivity contribution in [2.24, 2.45) is 0 Å². The zero-order valence-corrected chi connectivity index (χ0v) is 11.4. The fourth-order valence-corrected chi connectivity index (χ4v) is 2.53. The predicted molar refractivity (Wildman–Crippen MR) is 70.5 cm³/mol. The number of amides is 1. The molecule has 1 amide bonds. The minimum atomic E-state index is 0.00172. The first-order chi connectivity index (χ1) is 9.26. The maximum absolute atomic E-state index is 12.4. The summed E-state index contributed by atoms with van der Waals surface area (Å²) >= 11 is 0. The fourth-order valence-electron chi connectivity index (χ4n) is 2.53. The van der Waals surface area contributed by atoms with Gasteiger partial charge in [0, 0.05) is 19.0 Å². The van der Waals surface area contributed by atoms with Gasteiger partial charge in [-0.15, -0.1) is 0 Å². The van der Waals surface area contributed by atoms with Crippen molar-refractivity contribution in [3.05, 3.63) is 17.8 Å². The van der Waals surface area contributed by atoms with E-state index in [1.54, 1.807) is 6.20 Å². The van der Waals surface area contributed by atoms with Gasteiger partial charge in [0.1, 0.15) is 5.76 Å². The SMILES string of the molecule is CCc1cnc(CN2CCCC(NC3CC3)C2=O)o1. The van der Waals surface area contributed by atoms with Crippen LogP contribution in [0.15, 0.2) is 10.6 Å². The fraction of sp³-hybridized carbons (Fsp3) is 0.714. The van der Waals surface area contributed by atoms with Gasteiger partial charge in [0.25, 0.3) is 0 Å². The Hall–Kier alpha value is -1.36. The molecule has 1 saturated carbocycles. The Bertz CT molecular complexity index is 453. The van der Waals surface area contributed by atoms with Crippen molar-refractivity contribution in [2.75, 3.05) is 6.54 Å². The first-order valence-corrected chi connectivity index (χ1v) is 7.24. The molecule has 19 heavy (non-hydrogen) atoms. The largest absolute Gasteiger partial charge is 0.444 e. The number of nitrogens with zero attached hydrogens (tertiary/aromatic N) is 2. The van der Waals surface area contributed by atoms with E-state index in [0.717, 1.165) is 31.6 Å². The van der Waals surface area contributed by atoms with E-state index in [2.05, 4.69) is 10.3 Å². The van der Waals surface area contributed by atoms with Crippen LogP contribution in [-0.2, 0) is 17.8 Å². The lowest BCUT2D eigenvalue weighted by atomic mass is 10.0. The van der Waals surface area contributed by atoms with Crippen LogP contribution < -0.4 is 5.32 Å². The zero-order chi connectivity index (χ0) is 13.2. The lowest BCUT2D eigenvalue weighted by Crippen LogP contribution is -2.50. The van der Waals surface area contributed by atoms with Crippen LogP contribution in [0.25, 0.3) is 0 Å². The highest BCUT2D eigenvalue weighted by Gasteiger charge is 2.33. The highest BCUT2D eigenvalue weighted by molar-refractivity contribution is 5.82. The number of aryl methyl sites for hydroxylation is 1. The summed E-state index contributed by atoms with van der Waals surface area (Å²) in [5.41, 5.74) is 0. The molecule has 0 aromatic carbocycles. The highest BCUT2D eigenvalue weighted by atomic mass is 16.4. The number of hydrogen-bond acceptors (Lipinski definition) is 4. The molecule has 2 heterocycles. The number of hydrogen-bond donors (Lipinski definition) is 1. The second kappa shape index (κ2) is 5.33. The van der Waals surface area contributed by atoms with Crippen LogP contribution >= 0.6 is 0 Å². The monoisotopic (exact) mass is 263 g/mol. The second-order valence-electron chi connectivity index (χ2n) is 5.47. The van der Waals surface area contributed by atoms with Gasteiger partial charge in [0.15, 0.2) is 0 Å². The summed E-state index contributed by atoms with van der Waals surface area (Å²) in [6.45, 7) is 3.35. The van der Waals surface area contributed by atoms with E-state index in [1.165, 1.54) is 12.8 Å². The third kappa shape index (κ3) is 2.97. The van der Waals surface area contributed by atoms with Crippen LogP contribution in [0.2, 0.25) is 0 Å². The summed E-state index contributed by atoms with van der Waals surface area (Å²) in [4.78, 5) is 18.5. The maximum Gasteiger partial charge on any atom is 0.240 e. The van der Waals surface area contributed by atoms with Gasteiger partial charge >= 0.3 is 0 Å². The number of likely N-dealkylation sites (tertiary alicyclic amines) is 1. The van der Waals surface area contributed by atoms with Crippen molar-refractivity contribution < 1.29 is 9.21 Å². The van der Waals surface area contributed by atoms with Crippen molar-refractivity contribution in [3.8, 4) is 0 Å². The third-order valence-electron chi connectivity index (χ3n) is 3.82. The van der Waals surface area contributed by atoms with Crippen LogP contribution in [0.4, 0.5) is 0 Å². The Morgan fingerprint density at radius 3 is 3.00 bits per heavy atom. The molecule has 104 valence electrons. The molecule has 1 N–H and O–H groups in total. The van der Waals surface area contributed by atoms with E-state index in [1.807, 2.05) is 11.8 Å². The summed E-state index contributed by atoms with van der Waals surface area (Å²) in [6, 6.07) is 0.573. The minimum absolute atomic E-state index is 0.00172. The van der Waals surface area contributed by atoms with Crippen molar-refractivity contribution in [3.63, 3.8) is 0 Å². The molecule has 0 bridgehead atoms. The number of rotatable bonds is 5. The Kier molecular flexibility index (Phi) is 3.55. The molecule has 1 saturated heterocycles. The lowest BCUT2D eigenvalue weighted by Gasteiger charge is -2.32. The minimum Gasteiger partial charge on any atom is -0.444 e. The zero-order valence-electron chi connectivity index (χ0n) is 11.4. The molecule has 5 nitrogen and oxygen atoms in total. The number of carbonyl (C=O) groups is 1. The summed E-state index contributed by atoms with van der Waals surface area (Å²) < 4.78 is 5.59. The van der Waals surface area contributed by atoms with E-state index < -0.39 is 0 Å². The first-order valence-electron chi connectivity index (χ1n) is 7.24. The van der Waals surface area contributed by atoms with Gasteiger partial charge in [-0.3, -0.25) is 4.79 Å². The summed E-state index contributed by atoms with van der Waals surface area (Å²) in [7, 11) is 0. The molecule has 1 unspecified atom stereocenters. The number of nitrogens with one attached hydrogen (secondary N) is 1. The van der Waals surface area contributed by atoms with Gasteiger partial charge in [-0.05, 0) is 25.7 Å². The maximum atomic E-state index is 12.4. The lowest BCUT2D eigenvalue weighted by molar-refractivity contribution is -0.137. The third-order valence-corrected chi connectivity index (χ3v) is 3.82. The first kappa shape index (κ1) is 12.7. The van der Waals surface area contributed by atoms with Gasteiger partial charge in [-0.1, -0.05) is 6.92 Å². The molecular weight excluding hydrogens is 242 g/mol. The standard InChI is InChI=1S/C14H21N3O2/c1-2-11-8-15-13(19-11)9-17-7-3-4-12(14(17)18)16-10-5-6-10/h8,10,12,16H,2-7,9H2,1H3. The number of carbonyl (C=O) groups excluding carboxylic acids is 1. The van der Waals surface area contributed by atoms with Gasteiger partial charge in [-0.25, -0.2) is 4.98 Å². The quantitative estimate of drug-likeness (QED) is 0.874. The number of aromatic nitrogens is 1. The molecular formula is C14H21N3O2. The predicted octanol–water partition coefficient (Wildman–Crippen LogP) is 1.48. The Labute approximate surface area is 113 Å². The van der Waals surface area contributed by atoms with Crippen LogP contribution in [0, 0.1) is 0 Å². The van der Waals surface area contributed by atoms with Gasteiger partial charge in [-0.2, -0.15) is 0 Å². The summed E-state index contributed by atoms with van der Waals surface area (Å²) in [6.07, 6.45) is 7.03. The van der Waals surface area contributed by atoms with Crippen molar-refractivity contribution >= 4 is 5.91 Å². The van der Waals surface area contributed by atoms with Gasteiger partial charge in [0.2, 0.25) is 11.8 Å². The van der Waals surface area contributed by atoms with Crippen molar-refractivity contribution in [1.29, 1.82) is 0 Å². The number of piperidine rings is 1. The summed E-state index contributed by atoms with van der Waals surface area (Å²) in [5, 5.41) is 3.43. The molecule has 0 radical (unpaired) electrons. The highest BCUT2D eigenvalue weighted by Crippen LogP contribution is 2.23. The molecule has 3 rings (SSSR count). The molecule has 2 aliphatic rings. The average molecular weight is 263 g/mol. The average Bonchev–Trinajstić information content (AvgIpc) is 3.11. The van der Waals surface area contributed by atoms with E-state index in [4.69, 9.17) is 4.42 Å². The van der Waals surface area contributed by atoms with Crippen LogP contribution in [0.1, 0.15) is 44.3 Å². The molecule has 2 fully saturated rings. The molecule has 5 heteroatoms. The topological polar surface area (TPSA) is 58.4 Å². The molecule has 1 aliphatic carbocycles. The van der Waals surface area contributed by atoms with Crippen molar-refractivity contribution in [1.82, 2.24) is 15.2 Å². The van der Waals surface area contributed by atoms with Crippen LogP contribution in [0.3, 0.4) is 0 Å². The summed E-state index contributed by atoms with van der Waals surface area (Å²) in [5.74, 6) is 1.73.